The summed E-state index contributed by atoms with van der Waals surface area (Å²) in [6, 6.07) is 6.39. The Morgan fingerprint density at radius 3 is 2.41 bits per heavy atom. The molecule has 0 N–H and O–H groups in total. The van der Waals surface area contributed by atoms with E-state index in [2.05, 4.69) is 10.2 Å². The number of hydrogen-bond acceptors (Lipinski definition) is 6. The predicted octanol–water partition coefficient (Wildman–Crippen LogP) is 2.22. The first-order valence-corrected chi connectivity index (χ1v) is 12.1. The lowest BCUT2D eigenvalue weighted by Crippen LogP contribution is -2.51. The van der Waals surface area contributed by atoms with Gasteiger partial charge in [0.2, 0.25) is 15.9 Å². The first kappa shape index (κ1) is 22.1. The summed E-state index contributed by atoms with van der Waals surface area (Å²) in [4.78, 5) is 14.3. The van der Waals surface area contributed by atoms with Crippen LogP contribution in [0.5, 0.6) is 0 Å². The first-order valence-electron chi connectivity index (χ1n) is 9.26. The zero-order valence-corrected chi connectivity index (χ0v) is 19.0. The van der Waals surface area contributed by atoms with Crippen molar-refractivity contribution in [3.63, 3.8) is 0 Å². The average molecular weight is 458 g/mol. The number of sulfonamides is 1. The molecule has 3 rings (SSSR count). The molecule has 2 aromatic rings. The van der Waals surface area contributed by atoms with E-state index >= 15 is 0 Å². The largest absolute Gasteiger partial charge is 0.339 e. The maximum atomic E-state index is 12.8. The summed E-state index contributed by atoms with van der Waals surface area (Å²) in [7, 11) is -1.78. The normalized spacial score (nSPS) is 15.8. The highest BCUT2D eigenvalue weighted by Gasteiger charge is 2.31. The van der Waals surface area contributed by atoms with Crippen LogP contribution in [-0.4, -0.2) is 70.2 Å². The zero-order chi connectivity index (χ0) is 21.2. The first-order chi connectivity index (χ1) is 13.7. The number of nitrogens with zero attached hydrogens (tertiary/aromatic N) is 5. The average Bonchev–Trinajstić information content (AvgIpc) is 3.07. The molecule has 0 spiro atoms. The maximum Gasteiger partial charge on any atom is 0.244 e. The van der Waals surface area contributed by atoms with Crippen LogP contribution in [0.3, 0.4) is 0 Å². The van der Waals surface area contributed by atoms with Gasteiger partial charge in [0.25, 0.3) is 0 Å². The molecule has 0 radical (unpaired) electrons. The van der Waals surface area contributed by atoms with Gasteiger partial charge in [-0.25, -0.2) is 8.42 Å². The van der Waals surface area contributed by atoms with Gasteiger partial charge in [-0.3, -0.25) is 4.79 Å². The Morgan fingerprint density at radius 2 is 1.83 bits per heavy atom. The van der Waals surface area contributed by atoms with Crippen LogP contribution in [0, 0.1) is 0 Å². The number of benzene rings is 1. The minimum Gasteiger partial charge on any atom is -0.339 e. The SMILES string of the molecule is CC(C)c1nnc(SCC(=O)N2CCN(S(=O)(=O)c3ccccc3Cl)CC2)n1C. The summed E-state index contributed by atoms with van der Waals surface area (Å²) in [6.45, 7) is 5.26. The molecule has 29 heavy (non-hydrogen) atoms. The summed E-state index contributed by atoms with van der Waals surface area (Å²) >= 11 is 7.40. The Balaban J connectivity index is 1.57. The Morgan fingerprint density at radius 1 is 1.17 bits per heavy atom. The summed E-state index contributed by atoms with van der Waals surface area (Å²) in [5.41, 5.74) is 0. The molecule has 8 nitrogen and oxygen atoms in total. The third-order valence-electron chi connectivity index (χ3n) is 4.76. The zero-order valence-electron chi connectivity index (χ0n) is 16.6. The van der Waals surface area contributed by atoms with E-state index in [1.54, 1.807) is 23.1 Å². The lowest BCUT2D eigenvalue weighted by atomic mass is 10.2. The van der Waals surface area contributed by atoms with Gasteiger partial charge in [0.15, 0.2) is 5.16 Å². The molecule has 0 atom stereocenters. The molecule has 1 aliphatic rings. The lowest BCUT2D eigenvalue weighted by Gasteiger charge is -2.34. The lowest BCUT2D eigenvalue weighted by molar-refractivity contribution is -0.129. The van der Waals surface area contributed by atoms with Crippen LogP contribution >= 0.6 is 23.4 Å². The van der Waals surface area contributed by atoms with Crippen molar-refractivity contribution < 1.29 is 13.2 Å². The summed E-state index contributed by atoms with van der Waals surface area (Å²) in [5.74, 6) is 1.32. The Kier molecular flexibility index (Phi) is 6.87. The molecule has 1 fully saturated rings. The third kappa shape index (κ3) is 4.76. The number of carbonyl (C=O) groups excluding carboxylic acids is 1. The van der Waals surface area contributed by atoms with Gasteiger partial charge >= 0.3 is 0 Å². The van der Waals surface area contributed by atoms with Crippen molar-refractivity contribution >= 4 is 39.3 Å². The van der Waals surface area contributed by atoms with Crippen LogP contribution < -0.4 is 0 Å². The topological polar surface area (TPSA) is 88.4 Å². The van der Waals surface area contributed by atoms with Crippen molar-refractivity contribution in [2.75, 3.05) is 31.9 Å². The van der Waals surface area contributed by atoms with E-state index in [-0.39, 0.29) is 40.6 Å². The predicted molar refractivity (Wildman–Crippen MR) is 113 cm³/mol. The molecular formula is C18H24ClN5O3S2. The molecule has 158 valence electrons. The second kappa shape index (κ2) is 9.03. The maximum absolute atomic E-state index is 12.8. The molecule has 0 aliphatic carbocycles. The Labute approximate surface area is 180 Å². The van der Waals surface area contributed by atoms with E-state index in [4.69, 9.17) is 11.6 Å². The van der Waals surface area contributed by atoms with Crippen LogP contribution in [0.1, 0.15) is 25.6 Å². The standard InChI is InChI=1S/C18H24ClN5O3S2/c1-13(2)17-20-21-18(22(17)3)28-12-16(25)23-8-10-24(11-9-23)29(26,27)15-7-5-4-6-14(15)19/h4-7,13H,8-12H2,1-3H3. The van der Waals surface area contributed by atoms with Crippen LogP contribution in [0.15, 0.2) is 34.3 Å². The molecule has 2 heterocycles. The minimum atomic E-state index is -3.67. The van der Waals surface area contributed by atoms with E-state index < -0.39 is 10.0 Å². The number of carbonyl (C=O) groups is 1. The van der Waals surface area contributed by atoms with Gasteiger partial charge in [-0.2, -0.15) is 4.31 Å². The molecule has 0 unspecified atom stereocenters. The second-order valence-corrected chi connectivity index (χ2v) is 10.3. The van der Waals surface area contributed by atoms with Crippen LogP contribution in [0.25, 0.3) is 0 Å². The van der Waals surface area contributed by atoms with E-state index in [1.807, 2.05) is 25.5 Å². The summed E-state index contributed by atoms with van der Waals surface area (Å²) in [6.07, 6.45) is 0. The van der Waals surface area contributed by atoms with Crippen molar-refractivity contribution in [3.8, 4) is 0 Å². The highest BCUT2D eigenvalue weighted by molar-refractivity contribution is 7.99. The Bertz CT molecular complexity index is 985. The fraction of sp³-hybridized carbons (Fsp3) is 0.500. The fourth-order valence-electron chi connectivity index (χ4n) is 3.14. The quantitative estimate of drug-likeness (QED) is 0.618. The molecule has 1 aliphatic heterocycles. The van der Waals surface area contributed by atoms with Crippen molar-refractivity contribution in [1.29, 1.82) is 0 Å². The highest BCUT2D eigenvalue weighted by Crippen LogP contribution is 2.25. The third-order valence-corrected chi connectivity index (χ3v) is 8.16. The molecule has 1 aromatic heterocycles. The number of piperazine rings is 1. The van der Waals surface area contributed by atoms with Crippen LogP contribution in [0.2, 0.25) is 5.02 Å². The van der Waals surface area contributed by atoms with Gasteiger partial charge in [0.1, 0.15) is 10.7 Å². The van der Waals surface area contributed by atoms with Gasteiger partial charge in [0, 0.05) is 39.1 Å². The van der Waals surface area contributed by atoms with Gasteiger partial charge in [-0.1, -0.05) is 49.3 Å². The molecule has 1 aromatic carbocycles. The molecule has 1 amide bonds. The van der Waals surface area contributed by atoms with E-state index in [0.29, 0.717) is 18.2 Å². The van der Waals surface area contributed by atoms with Crippen molar-refractivity contribution in [3.05, 3.63) is 35.1 Å². The van der Waals surface area contributed by atoms with Crippen LogP contribution in [0.4, 0.5) is 0 Å². The number of amides is 1. The number of thioether (sulfide) groups is 1. The summed E-state index contributed by atoms with van der Waals surface area (Å²) < 4.78 is 28.9. The summed E-state index contributed by atoms with van der Waals surface area (Å²) in [5, 5.41) is 9.20. The van der Waals surface area contributed by atoms with E-state index in [9.17, 15) is 13.2 Å². The smallest absolute Gasteiger partial charge is 0.244 e. The van der Waals surface area contributed by atoms with Gasteiger partial charge in [-0.15, -0.1) is 10.2 Å². The van der Waals surface area contributed by atoms with Gasteiger partial charge in [-0.05, 0) is 12.1 Å². The number of aromatic nitrogens is 3. The van der Waals surface area contributed by atoms with Crippen molar-refractivity contribution in [1.82, 2.24) is 24.0 Å². The molecule has 0 saturated carbocycles. The molecular weight excluding hydrogens is 434 g/mol. The fourth-order valence-corrected chi connectivity index (χ4v) is 5.88. The molecule has 1 saturated heterocycles. The van der Waals surface area contributed by atoms with Crippen molar-refractivity contribution in [2.45, 2.75) is 29.8 Å². The monoisotopic (exact) mass is 457 g/mol. The van der Waals surface area contributed by atoms with Gasteiger partial charge in [0.05, 0.1) is 10.8 Å². The number of hydrogen-bond donors (Lipinski definition) is 0. The highest BCUT2D eigenvalue weighted by atomic mass is 35.5. The van der Waals surface area contributed by atoms with E-state index in [0.717, 1.165) is 5.82 Å². The van der Waals surface area contributed by atoms with Crippen LogP contribution in [-0.2, 0) is 21.9 Å². The number of halogens is 1. The van der Waals surface area contributed by atoms with E-state index in [1.165, 1.54) is 22.1 Å². The van der Waals surface area contributed by atoms with Crippen molar-refractivity contribution in [2.24, 2.45) is 7.05 Å². The number of rotatable bonds is 6. The van der Waals surface area contributed by atoms with Gasteiger partial charge < -0.3 is 9.47 Å². The Hall–Kier alpha value is -1.62. The molecule has 0 bridgehead atoms. The minimum absolute atomic E-state index is 0.0427. The molecule has 11 heteroatoms. The second-order valence-electron chi connectivity index (χ2n) is 7.06.